The third-order valence-corrected chi connectivity index (χ3v) is 3.93. The van der Waals surface area contributed by atoms with E-state index in [2.05, 4.69) is 5.32 Å². The first-order valence-corrected chi connectivity index (χ1v) is 8.12. The molecule has 1 aromatic carbocycles. The Bertz CT molecular complexity index is 485. The van der Waals surface area contributed by atoms with E-state index in [-0.39, 0.29) is 5.91 Å². The summed E-state index contributed by atoms with van der Waals surface area (Å²) in [5, 5.41) is 3.24. The highest BCUT2D eigenvalue weighted by Gasteiger charge is 2.14. The van der Waals surface area contributed by atoms with Gasteiger partial charge in [-0.3, -0.25) is 9.59 Å². The van der Waals surface area contributed by atoms with Crippen LogP contribution in [0.4, 0.5) is 5.69 Å². The molecule has 1 rings (SSSR count). The molecule has 116 valence electrons. The Kier molecular flexibility index (Phi) is 8.19. The van der Waals surface area contributed by atoms with Gasteiger partial charge in [-0.25, -0.2) is 0 Å². The third kappa shape index (κ3) is 6.84. The smallest absolute Gasteiger partial charge is 0.323 e. The first-order valence-electron chi connectivity index (χ1n) is 6.59. The van der Waals surface area contributed by atoms with Crippen molar-refractivity contribution in [2.75, 3.05) is 23.4 Å². The molecule has 21 heavy (non-hydrogen) atoms. The molecule has 0 spiro atoms. The first-order chi connectivity index (χ1) is 10.0. The van der Waals surface area contributed by atoms with E-state index in [1.165, 1.54) is 11.8 Å². The van der Waals surface area contributed by atoms with Gasteiger partial charge in [-0.15, -0.1) is 0 Å². The highest BCUT2D eigenvalue weighted by atomic mass is 35.5. The molecule has 1 atom stereocenters. The maximum absolute atomic E-state index is 11.7. The quantitative estimate of drug-likeness (QED) is 0.564. The predicted molar refractivity (Wildman–Crippen MR) is 86.6 cm³/mol. The summed E-state index contributed by atoms with van der Waals surface area (Å²) in [6, 6.07) is 6.40. The SMILES string of the molecule is CCOC(=O)C(N)CSCCC(=O)Nc1ccccc1Cl. The molecule has 0 aliphatic carbocycles. The van der Waals surface area contributed by atoms with Crippen LogP contribution in [-0.2, 0) is 14.3 Å². The Hall–Kier alpha value is -1.24. The molecule has 7 heteroatoms. The van der Waals surface area contributed by atoms with Gasteiger partial charge in [-0.1, -0.05) is 23.7 Å². The van der Waals surface area contributed by atoms with Crippen molar-refractivity contribution in [1.82, 2.24) is 0 Å². The number of hydrogen-bond acceptors (Lipinski definition) is 5. The second-order valence-corrected chi connectivity index (χ2v) is 5.77. The van der Waals surface area contributed by atoms with Gasteiger partial charge in [0.2, 0.25) is 5.91 Å². The van der Waals surface area contributed by atoms with Crippen LogP contribution in [-0.4, -0.2) is 36.0 Å². The fourth-order valence-electron chi connectivity index (χ4n) is 1.47. The summed E-state index contributed by atoms with van der Waals surface area (Å²) in [5.41, 5.74) is 6.25. The van der Waals surface area contributed by atoms with Crippen molar-refractivity contribution in [2.24, 2.45) is 5.73 Å². The molecule has 5 nitrogen and oxygen atoms in total. The van der Waals surface area contributed by atoms with Gasteiger partial charge in [-0.2, -0.15) is 11.8 Å². The average Bonchev–Trinajstić information content (AvgIpc) is 2.46. The molecular formula is C14H19ClN2O3S. The second kappa shape index (κ2) is 9.65. The minimum Gasteiger partial charge on any atom is -0.465 e. The fraction of sp³-hybridized carbons (Fsp3) is 0.429. The number of nitrogens with two attached hydrogens (primary N) is 1. The predicted octanol–water partition coefficient (Wildman–Crippen LogP) is 2.29. The molecule has 0 aromatic heterocycles. The maximum Gasteiger partial charge on any atom is 0.323 e. The third-order valence-electron chi connectivity index (χ3n) is 2.51. The molecule has 0 heterocycles. The summed E-state index contributed by atoms with van der Waals surface area (Å²) < 4.78 is 4.80. The van der Waals surface area contributed by atoms with E-state index in [9.17, 15) is 9.59 Å². The van der Waals surface area contributed by atoms with Crippen molar-refractivity contribution in [2.45, 2.75) is 19.4 Å². The van der Waals surface area contributed by atoms with Crippen molar-refractivity contribution >= 4 is 40.9 Å². The lowest BCUT2D eigenvalue weighted by Crippen LogP contribution is -2.34. The van der Waals surface area contributed by atoms with Crippen LogP contribution in [0.2, 0.25) is 5.02 Å². The largest absolute Gasteiger partial charge is 0.465 e. The van der Waals surface area contributed by atoms with Crippen LogP contribution in [0.3, 0.4) is 0 Å². The Morgan fingerprint density at radius 2 is 2.14 bits per heavy atom. The molecule has 0 radical (unpaired) electrons. The van der Waals surface area contributed by atoms with Gasteiger partial charge < -0.3 is 15.8 Å². The van der Waals surface area contributed by atoms with Crippen LogP contribution in [0.25, 0.3) is 0 Å². The zero-order valence-corrected chi connectivity index (χ0v) is 13.4. The van der Waals surface area contributed by atoms with Crippen LogP contribution in [0.1, 0.15) is 13.3 Å². The fourth-order valence-corrected chi connectivity index (χ4v) is 2.54. The average molecular weight is 331 g/mol. The topological polar surface area (TPSA) is 81.4 Å². The standard InChI is InChI=1S/C14H19ClN2O3S/c1-2-20-14(19)11(16)9-21-8-7-13(18)17-12-6-4-3-5-10(12)15/h3-6,11H,2,7-9,16H2,1H3,(H,17,18). The van der Waals surface area contributed by atoms with Gasteiger partial charge in [0.15, 0.2) is 0 Å². The van der Waals surface area contributed by atoms with Crippen LogP contribution in [0, 0.1) is 0 Å². The van der Waals surface area contributed by atoms with E-state index in [1.54, 1.807) is 31.2 Å². The lowest BCUT2D eigenvalue weighted by molar-refractivity contribution is -0.144. The normalized spacial score (nSPS) is 11.8. The number of carbonyl (C=O) groups is 2. The number of thioether (sulfide) groups is 1. The van der Waals surface area contributed by atoms with Gasteiger partial charge in [0, 0.05) is 17.9 Å². The first kappa shape index (κ1) is 17.8. The second-order valence-electron chi connectivity index (χ2n) is 4.21. The Morgan fingerprint density at radius 1 is 1.43 bits per heavy atom. The number of nitrogens with one attached hydrogen (secondary N) is 1. The summed E-state index contributed by atoms with van der Waals surface area (Å²) >= 11 is 7.39. The van der Waals surface area contributed by atoms with Crippen LogP contribution >= 0.6 is 23.4 Å². The molecule has 0 saturated carbocycles. The molecule has 0 aliphatic rings. The molecule has 0 bridgehead atoms. The van der Waals surface area contributed by atoms with E-state index < -0.39 is 12.0 Å². The van der Waals surface area contributed by atoms with E-state index in [1.807, 2.05) is 0 Å². The number of hydrogen-bond donors (Lipinski definition) is 2. The van der Waals surface area contributed by atoms with Gasteiger partial charge >= 0.3 is 5.97 Å². The number of amides is 1. The summed E-state index contributed by atoms with van der Waals surface area (Å²) in [5.74, 6) is 0.465. The monoisotopic (exact) mass is 330 g/mol. The Labute approximate surface area is 133 Å². The molecule has 1 amide bonds. The number of halogens is 1. The van der Waals surface area contributed by atoms with Gasteiger partial charge in [-0.05, 0) is 19.1 Å². The lowest BCUT2D eigenvalue weighted by Gasteiger charge is -2.10. The van der Waals surface area contributed by atoms with Crippen LogP contribution in [0.5, 0.6) is 0 Å². The van der Waals surface area contributed by atoms with E-state index in [4.69, 9.17) is 22.1 Å². The number of carbonyl (C=O) groups excluding carboxylic acids is 2. The van der Waals surface area contributed by atoms with E-state index in [0.717, 1.165) is 0 Å². The van der Waals surface area contributed by atoms with Crippen LogP contribution in [0.15, 0.2) is 24.3 Å². The summed E-state index contributed by atoms with van der Waals surface area (Å²) in [4.78, 5) is 23.0. The number of anilines is 1. The van der Waals surface area contributed by atoms with Gasteiger partial charge in [0.1, 0.15) is 6.04 Å². The van der Waals surface area contributed by atoms with Crippen molar-refractivity contribution in [3.63, 3.8) is 0 Å². The van der Waals surface area contributed by atoms with E-state index in [0.29, 0.717) is 35.2 Å². The molecule has 0 saturated heterocycles. The maximum atomic E-state index is 11.7. The van der Waals surface area contributed by atoms with E-state index >= 15 is 0 Å². The molecular weight excluding hydrogens is 312 g/mol. The minimum absolute atomic E-state index is 0.125. The highest BCUT2D eigenvalue weighted by molar-refractivity contribution is 7.99. The van der Waals surface area contributed by atoms with Crippen molar-refractivity contribution in [3.8, 4) is 0 Å². The zero-order valence-electron chi connectivity index (χ0n) is 11.8. The summed E-state index contributed by atoms with van der Waals surface area (Å²) in [7, 11) is 0. The summed E-state index contributed by atoms with van der Waals surface area (Å²) in [6.07, 6.45) is 0.325. The molecule has 3 N–H and O–H groups in total. The number of ether oxygens (including phenoxy) is 1. The number of benzene rings is 1. The van der Waals surface area contributed by atoms with Gasteiger partial charge in [0.25, 0.3) is 0 Å². The summed E-state index contributed by atoms with van der Waals surface area (Å²) in [6.45, 7) is 2.05. The van der Waals surface area contributed by atoms with Gasteiger partial charge in [0.05, 0.1) is 17.3 Å². The molecule has 0 fully saturated rings. The Morgan fingerprint density at radius 3 is 2.81 bits per heavy atom. The number of esters is 1. The molecule has 1 aromatic rings. The number of para-hydroxylation sites is 1. The Balaban J connectivity index is 2.22. The molecule has 1 unspecified atom stereocenters. The number of rotatable bonds is 8. The molecule has 0 aliphatic heterocycles. The van der Waals surface area contributed by atoms with Crippen molar-refractivity contribution in [3.05, 3.63) is 29.3 Å². The lowest BCUT2D eigenvalue weighted by atomic mass is 10.3. The van der Waals surface area contributed by atoms with Crippen molar-refractivity contribution in [1.29, 1.82) is 0 Å². The minimum atomic E-state index is -0.651. The van der Waals surface area contributed by atoms with Crippen molar-refractivity contribution < 1.29 is 14.3 Å². The highest BCUT2D eigenvalue weighted by Crippen LogP contribution is 2.20. The van der Waals surface area contributed by atoms with Crippen LogP contribution < -0.4 is 11.1 Å². The zero-order chi connectivity index (χ0) is 15.7.